The molecule has 0 unspecified atom stereocenters. The maximum absolute atomic E-state index is 11.5. The fraction of sp³-hybridized carbons (Fsp3) is 0.333. The molecule has 0 amide bonds. The third-order valence-corrected chi connectivity index (χ3v) is 3.26. The first-order chi connectivity index (χ1) is 8.25. The van der Waals surface area contributed by atoms with Crippen LogP contribution in [0, 0.1) is 6.92 Å². The molecular formula is C12H15N3OS. The zero-order valence-corrected chi connectivity index (χ0v) is 10.5. The highest BCUT2D eigenvalue weighted by molar-refractivity contribution is 7.09. The van der Waals surface area contributed by atoms with Crippen molar-refractivity contribution < 1.29 is 0 Å². The van der Waals surface area contributed by atoms with Crippen molar-refractivity contribution in [1.82, 2.24) is 15.1 Å². The largest absolute Gasteiger partial charge is 0.310 e. The Kier molecular flexibility index (Phi) is 4.06. The highest BCUT2D eigenvalue weighted by atomic mass is 32.1. The second kappa shape index (κ2) is 5.75. The molecule has 2 heterocycles. The molecule has 0 aromatic carbocycles. The average Bonchev–Trinajstić information content (AvgIpc) is 2.82. The number of rotatable bonds is 5. The summed E-state index contributed by atoms with van der Waals surface area (Å²) >= 11 is 1.73. The molecule has 90 valence electrons. The summed E-state index contributed by atoms with van der Waals surface area (Å²) in [5, 5.41) is 9.53. The minimum atomic E-state index is -0.0477. The average molecular weight is 249 g/mol. The van der Waals surface area contributed by atoms with Crippen LogP contribution in [0.3, 0.4) is 0 Å². The second-order valence-corrected chi connectivity index (χ2v) is 4.82. The van der Waals surface area contributed by atoms with Crippen LogP contribution in [-0.2, 0) is 13.1 Å². The molecule has 0 spiro atoms. The molecule has 0 radical (unpaired) electrons. The third-order valence-electron chi connectivity index (χ3n) is 2.38. The molecule has 0 saturated heterocycles. The maximum atomic E-state index is 11.5. The summed E-state index contributed by atoms with van der Waals surface area (Å²) in [6.45, 7) is 4.08. The molecule has 0 fully saturated rings. The Morgan fingerprint density at radius 2 is 2.29 bits per heavy atom. The van der Waals surface area contributed by atoms with Gasteiger partial charge >= 0.3 is 0 Å². The fourth-order valence-corrected chi connectivity index (χ4v) is 2.20. The summed E-state index contributed by atoms with van der Waals surface area (Å²) in [6, 6.07) is 7.42. The van der Waals surface area contributed by atoms with Crippen LogP contribution in [0.1, 0.15) is 10.6 Å². The molecule has 4 nitrogen and oxygen atoms in total. The molecule has 0 aliphatic carbocycles. The van der Waals surface area contributed by atoms with Gasteiger partial charge in [-0.2, -0.15) is 5.10 Å². The number of thiophene rings is 1. The van der Waals surface area contributed by atoms with Crippen molar-refractivity contribution in [3.63, 3.8) is 0 Å². The SMILES string of the molecule is Cc1ccc(=O)n(CCNCc2cccs2)n1. The summed E-state index contributed by atoms with van der Waals surface area (Å²) < 4.78 is 1.50. The quantitative estimate of drug-likeness (QED) is 0.815. The van der Waals surface area contributed by atoms with Crippen molar-refractivity contribution in [2.75, 3.05) is 6.54 Å². The summed E-state index contributed by atoms with van der Waals surface area (Å²) in [5.41, 5.74) is 0.816. The summed E-state index contributed by atoms with van der Waals surface area (Å²) in [4.78, 5) is 12.8. The highest BCUT2D eigenvalue weighted by Gasteiger charge is 1.98. The number of hydrogen-bond donors (Lipinski definition) is 1. The molecule has 2 aromatic heterocycles. The lowest BCUT2D eigenvalue weighted by Crippen LogP contribution is -2.28. The molecule has 0 aliphatic rings. The first-order valence-electron chi connectivity index (χ1n) is 5.53. The van der Waals surface area contributed by atoms with Crippen LogP contribution in [0.15, 0.2) is 34.4 Å². The van der Waals surface area contributed by atoms with Gasteiger partial charge in [0.15, 0.2) is 0 Å². The van der Waals surface area contributed by atoms with E-state index < -0.39 is 0 Å². The first-order valence-corrected chi connectivity index (χ1v) is 6.41. The van der Waals surface area contributed by atoms with Gasteiger partial charge in [-0.1, -0.05) is 6.07 Å². The maximum Gasteiger partial charge on any atom is 0.266 e. The molecule has 2 aromatic rings. The highest BCUT2D eigenvalue weighted by Crippen LogP contribution is 2.06. The van der Waals surface area contributed by atoms with Gasteiger partial charge in [-0.3, -0.25) is 4.79 Å². The van der Waals surface area contributed by atoms with Gasteiger partial charge in [0.05, 0.1) is 12.2 Å². The van der Waals surface area contributed by atoms with Crippen molar-refractivity contribution in [3.8, 4) is 0 Å². The zero-order valence-electron chi connectivity index (χ0n) is 9.72. The van der Waals surface area contributed by atoms with Crippen molar-refractivity contribution in [2.24, 2.45) is 0 Å². The number of aryl methyl sites for hydroxylation is 1. The smallest absolute Gasteiger partial charge is 0.266 e. The van der Waals surface area contributed by atoms with Crippen LogP contribution in [0.25, 0.3) is 0 Å². The Morgan fingerprint density at radius 1 is 1.41 bits per heavy atom. The number of nitrogens with one attached hydrogen (secondary N) is 1. The monoisotopic (exact) mass is 249 g/mol. The number of aromatic nitrogens is 2. The van der Waals surface area contributed by atoms with Gasteiger partial charge in [0, 0.05) is 24.0 Å². The molecule has 2 rings (SSSR count). The van der Waals surface area contributed by atoms with E-state index in [4.69, 9.17) is 0 Å². The molecule has 0 bridgehead atoms. The van der Waals surface area contributed by atoms with Crippen LogP contribution in [0.2, 0.25) is 0 Å². The van der Waals surface area contributed by atoms with Gasteiger partial charge < -0.3 is 5.32 Å². The van der Waals surface area contributed by atoms with Crippen LogP contribution >= 0.6 is 11.3 Å². The second-order valence-electron chi connectivity index (χ2n) is 3.79. The summed E-state index contributed by atoms with van der Waals surface area (Å²) in [5.74, 6) is 0. The topological polar surface area (TPSA) is 46.9 Å². The fourth-order valence-electron chi connectivity index (χ4n) is 1.52. The van der Waals surface area contributed by atoms with Crippen molar-refractivity contribution in [1.29, 1.82) is 0 Å². The predicted octanol–water partition coefficient (Wildman–Crippen LogP) is 1.40. The Morgan fingerprint density at radius 3 is 3.06 bits per heavy atom. The van der Waals surface area contributed by atoms with Crippen LogP contribution in [-0.4, -0.2) is 16.3 Å². The van der Waals surface area contributed by atoms with Crippen molar-refractivity contribution in [3.05, 3.63) is 50.6 Å². The van der Waals surface area contributed by atoms with E-state index in [2.05, 4.69) is 21.9 Å². The van der Waals surface area contributed by atoms with E-state index in [0.717, 1.165) is 18.8 Å². The van der Waals surface area contributed by atoms with Gasteiger partial charge in [0.2, 0.25) is 0 Å². The van der Waals surface area contributed by atoms with E-state index in [9.17, 15) is 4.79 Å². The Hall–Kier alpha value is -1.46. The van der Waals surface area contributed by atoms with Crippen LogP contribution in [0.5, 0.6) is 0 Å². The molecule has 1 N–H and O–H groups in total. The number of nitrogens with zero attached hydrogens (tertiary/aromatic N) is 2. The van der Waals surface area contributed by atoms with Crippen molar-refractivity contribution in [2.45, 2.75) is 20.0 Å². The van der Waals surface area contributed by atoms with Gasteiger partial charge in [0.25, 0.3) is 5.56 Å². The normalized spacial score (nSPS) is 10.6. The van der Waals surface area contributed by atoms with Crippen molar-refractivity contribution >= 4 is 11.3 Å². The van der Waals surface area contributed by atoms with E-state index >= 15 is 0 Å². The number of hydrogen-bond acceptors (Lipinski definition) is 4. The van der Waals surface area contributed by atoms with E-state index in [1.807, 2.05) is 13.0 Å². The van der Waals surface area contributed by atoms with Crippen LogP contribution in [0.4, 0.5) is 0 Å². The summed E-state index contributed by atoms with van der Waals surface area (Å²) in [7, 11) is 0. The van der Waals surface area contributed by atoms with Gasteiger partial charge in [-0.25, -0.2) is 4.68 Å². The molecule has 17 heavy (non-hydrogen) atoms. The Bertz CT molecular complexity index is 519. The molecule has 0 saturated carbocycles. The van der Waals surface area contributed by atoms with Gasteiger partial charge in [0.1, 0.15) is 0 Å². The summed E-state index contributed by atoms with van der Waals surface area (Å²) in [6.07, 6.45) is 0. The predicted molar refractivity (Wildman–Crippen MR) is 69.3 cm³/mol. The molecule has 5 heteroatoms. The van der Waals surface area contributed by atoms with E-state index in [1.54, 1.807) is 23.5 Å². The van der Waals surface area contributed by atoms with Crippen LogP contribution < -0.4 is 10.9 Å². The lowest BCUT2D eigenvalue weighted by molar-refractivity contribution is 0.528. The molecule has 0 aliphatic heterocycles. The van der Waals surface area contributed by atoms with Gasteiger partial charge in [-0.05, 0) is 24.4 Å². The van der Waals surface area contributed by atoms with E-state index in [0.29, 0.717) is 6.54 Å². The zero-order chi connectivity index (χ0) is 12.1. The first kappa shape index (κ1) is 12.0. The van der Waals surface area contributed by atoms with E-state index in [-0.39, 0.29) is 5.56 Å². The van der Waals surface area contributed by atoms with E-state index in [1.165, 1.54) is 9.56 Å². The minimum absolute atomic E-state index is 0.0477. The van der Waals surface area contributed by atoms with Gasteiger partial charge in [-0.15, -0.1) is 11.3 Å². The lowest BCUT2D eigenvalue weighted by atomic mass is 10.4. The molecule has 0 atom stereocenters. The lowest BCUT2D eigenvalue weighted by Gasteiger charge is -2.05. The third kappa shape index (κ3) is 3.51. The Labute approximate surface area is 104 Å². The standard InChI is InChI=1S/C12H15N3OS/c1-10-4-5-12(16)15(14-10)7-6-13-9-11-3-2-8-17-11/h2-5,8,13H,6-7,9H2,1H3. The minimum Gasteiger partial charge on any atom is -0.310 e. The molecular weight excluding hydrogens is 234 g/mol. The Balaban J connectivity index is 1.82.